The van der Waals surface area contributed by atoms with Gasteiger partial charge in [0.2, 0.25) is 0 Å². The minimum atomic E-state index is 0.250. The largest absolute Gasteiger partial charge is 0.386 e. The predicted octanol–water partition coefficient (Wildman–Crippen LogP) is 4.61. The van der Waals surface area contributed by atoms with E-state index in [4.69, 9.17) is 19.9 Å². The van der Waals surface area contributed by atoms with E-state index < -0.39 is 0 Å². The highest BCUT2D eigenvalue weighted by atomic mass is 14.9. The highest BCUT2D eigenvalue weighted by molar-refractivity contribution is 6.09. The number of aryl methyl sites for hydroxylation is 4. The summed E-state index contributed by atoms with van der Waals surface area (Å²) in [5.41, 5.74) is 9.99. The second kappa shape index (κ2) is 5.35. The third kappa shape index (κ3) is 2.15. The van der Waals surface area contributed by atoms with Crippen LogP contribution in [-0.4, -0.2) is 27.0 Å². The van der Waals surface area contributed by atoms with E-state index in [1.165, 1.54) is 5.56 Å². The van der Waals surface area contributed by atoms with Crippen molar-refractivity contribution in [1.29, 1.82) is 0 Å². The summed E-state index contributed by atoms with van der Waals surface area (Å²) in [6.07, 6.45) is 0. The highest BCUT2D eigenvalue weighted by Gasteiger charge is 2.57. The Bertz CT molecular complexity index is 1070. The van der Waals surface area contributed by atoms with E-state index >= 15 is 0 Å². The number of benzene rings is 1. The van der Waals surface area contributed by atoms with Crippen LogP contribution in [0.1, 0.15) is 55.0 Å². The fourth-order valence-electron chi connectivity index (χ4n) is 4.22. The van der Waals surface area contributed by atoms with Gasteiger partial charge in [0.1, 0.15) is 16.6 Å². The molecule has 5 heteroatoms. The van der Waals surface area contributed by atoms with Gasteiger partial charge in [-0.2, -0.15) is 0 Å². The SMILES string of the molecule is CNc1c([C@@H]2[C@@H](C)C2(C)C)c2nc(C)c(C)nc2c2nc(C)c(C)nc12. The molecule has 1 N–H and O–H groups in total. The lowest BCUT2D eigenvalue weighted by atomic mass is 9.97. The number of fused-ring (bicyclic) bond motifs is 3. The Morgan fingerprint density at radius 2 is 1.12 bits per heavy atom. The fourth-order valence-corrected chi connectivity index (χ4v) is 4.22. The molecule has 2 aromatic heterocycles. The molecule has 0 bridgehead atoms. The third-order valence-corrected chi connectivity index (χ3v) is 6.53. The van der Waals surface area contributed by atoms with Crippen LogP contribution in [0, 0.1) is 39.0 Å². The first-order valence-corrected chi connectivity index (χ1v) is 9.32. The molecule has 0 amide bonds. The number of hydrogen-bond acceptors (Lipinski definition) is 5. The lowest BCUT2D eigenvalue weighted by Gasteiger charge is -2.18. The second-order valence-electron chi connectivity index (χ2n) is 8.31. The van der Waals surface area contributed by atoms with E-state index in [9.17, 15) is 0 Å². The van der Waals surface area contributed by atoms with Crippen molar-refractivity contribution in [2.75, 3.05) is 12.4 Å². The third-order valence-electron chi connectivity index (χ3n) is 6.53. The van der Waals surface area contributed by atoms with Crippen molar-refractivity contribution in [3.63, 3.8) is 0 Å². The van der Waals surface area contributed by atoms with Crippen LogP contribution in [0.5, 0.6) is 0 Å². The van der Waals surface area contributed by atoms with Crippen LogP contribution in [0.15, 0.2) is 0 Å². The predicted molar refractivity (Wildman–Crippen MR) is 107 cm³/mol. The van der Waals surface area contributed by atoms with E-state index in [1.807, 2.05) is 34.7 Å². The Labute approximate surface area is 154 Å². The van der Waals surface area contributed by atoms with Crippen molar-refractivity contribution in [3.05, 3.63) is 28.3 Å². The molecule has 0 radical (unpaired) electrons. The van der Waals surface area contributed by atoms with Crippen LogP contribution in [0.25, 0.3) is 22.1 Å². The maximum absolute atomic E-state index is 4.98. The smallest absolute Gasteiger partial charge is 0.119 e. The van der Waals surface area contributed by atoms with E-state index in [0.717, 1.165) is 50.5 Å². The van der Waals surface area contributed by atoms with Gasteiger partial charge in [-0.3, -0.25) is 0 Å². The maximum Gasteiger partial charge on any atom is 0.119 e. The molecule has 136 valence electrons. The average molecular weight is 349 g/mol. The minimum absolute atomic E-state index is 0.250. The molecule has 1 saturated carbocycles. The second-order valence-corrected chi connectivity index (χ2v) is 8.31. The van der Waals surface area contributed by atoms with Gasteiger partial charge < -0.3 is 5.32 Å². The minimum Gasteiger partial charge on any atom is -0.386 e. The molecule has 3 aromatic rings. The average Bonchev–Trinajstić information content (AvgIpc) is 3.07. The van der Waals surface area contributed by atoms with E-state index in [0.29, 0.717) is 11.8 Å². The molecule has 1 aliphatic carbocycles. The fraction of sp³-hybridized carbons (Fsp3) is 0.524. The molecule has 1 aromatic carbocycles. The standard InChI is InChI=1S/C21H27N5/c1-9-15(21(9,6)7)14-16(22-8)18-20(26-13(5)12(4)24-18)19-17(14)23-10(2)11(3)25-19/h9,15,22H,1-8H3/t9-,15+/m1/s1. The molecule has 0 aliphatic heterocycles. The molecular formula is C21H27N5. The van der Waals surface area contributed by atoms with Crippen LogP contribution < -0.4 is 5.32 Å². The number of aromatic nitrogens is 4. The summed E-state index contributed by atoms with van der Waals surface area (Å²) in [6.45, 7) is 15.0. The van der Waals surface area contributed by atoms with Gasteiger partial charge in [0.05, 0.1) is 34.0 Å². The quantitative estimate of drug-likeness (QED) is 0.685. The van der Waals surface area contributed by atoms with Crippen molar-refractivity contribution in [3.8, 4) is 0 Å². The summed E-state index contributed by atoms with van der Waals surface area (Å²) in [4.78, 5) is 19.6. The van der Waals surface area contributed by atoms with Crippen LogP contribution in [-0.2, 0) is 0 Å². The van der Waals surface area contributed by atoms with E-state index in [2.05, 4.69) is 26.1 Å². The van der Waals surface area contributed by atoms with Crippen LogP contribution >= 0.6 is 0 Å². The highest BCUT2D eigenvalue weighted by Crippen LogP contribution is 2.66. The van der Waals surface area contributed by atoms with Gasteiger partial charge in [-0.1, -0.05) is 20.8 Å². The Morgan fingerprint density at radius 3 is 1.54 bits per heavy atom. The lowest BCUT2D eigenvalue weighted by Crippen LogP contribution is -2.07. The lowest BCUT2D eigenvalue weighted by molar-refractivity contribution is 0.576. The normalized spacial score (nSPS) is 21.4. The molecule has 26 heavy (non-hydrogen) atoms. The summed E-state index contributed by atoms with van der Waals surface area (Å²) in [7, 11) is 1.97. The van der Waals surface area contributed by atoms with Crippen LogP contribution in [0.2, 0.25) is 0 Å². The Kier molecular flexibility index (Phi) is 3.52. The van der Waals surface area contributed by atoms with Gasteiger partial charge in [0.15, 0.2) is 0 Å². The summed E-state index contributed by atoms with van der Waals surface area (Å²) < 4.78 is 0. The van der Waals surface area contributed by atoms with Crippen molar-refractivity contribution in [1.82, 2.24) is 19.9 Å². The number of nitrogens with one attached hydrogen (secondary N) is 1. The summed E-state index contributed by atoms with van der Waals surface area (Å²) >= 11 is 0. The van der Waals surface area contributed by atoms with Gasteiger partial charge in [0, 0.05) is 12.6 Å². The monoisotopic (exact) mass is 349 g/mol. The molecule has 0 spiro atoms. The van der Waals surface area contributed by atoms with Gasteiger partial charge in [0.25, 0.3) is 0 Å². The summed E-state index contributed by atoms with van der Waals surface area (Å²) in [5.74, 6) is 1.04. The molecule has 1 aliphatic rings. The molecule has 0 unspecified atom stereocenters. The number of anilines is 1. The zero-order valence-corrected chi connectivity index (χ0v) is 16.9. The van der Waals surface area contributed by atoms with Crippen LogP contribution in [0.3, 0.4) is 0 Å². The van der Waals surface area contributed by atoms with Crippen molar-refractivity contribution >= 4 is 27.8 Å². The van der Waals surface area contributed by atoms with Gasteiger partial charge in [-0.05, 0) is 44.9 Å². The molecule has 5 nitrogen and oxygen atoms in total. The van der Waals surface area contributed by atoms with E-state index in [-0.39, 0.29) is 5.41 Å². The topological polar surface area (TPSA) is 63.6 Å². The zero-order valence-electron chi connectivity index (χ0n) is 16.9. The number of rotatable bonds is 2. The molecular weight excluding hydrogens is 322 g/mol. The van der Waals surface area contributed by atoms with Crippen molar-refractivity contribution < 1.29 is 0 Å². The number of hydrogen-bond donors (Lipinski definition) is 1. The molecule has 2 heterocycles. The summed E-state index contributed by atoms with van der Waals surface area (Å²) in [5, 5.41) is 3.42. The van der Waals surface area contributed by atoms with Gasteiger partial charge >= 0.3 is 0 Å². The summed E-state index contributed by atoms with van der Waals surface area (Å²) in [6, 6.07) is 0. The maximum atomic E-state index is 4.98. The zero-order chi connectivity index (χ0) is 19.0. The van der Waals surface area contributed by atoms with Crippen LogP contribution in [0.4, 0.5) is 5.69 Å². The van der Waals surface area contributed by atoms with Crippen molar-refractivity contribution in [2.45, 2.75) is 54.4 Å². The first-order valence-electron chi connectivity index (χ1n) is 9.32. The molecule has 2 atom stereocenters. The Morgan fingerprint density at radius 1 is 0.731 bits per heavy atom. The van der Waals surface area contributed by atoms with Crippen molar-refractivity contribution in [2.24, 2.45) is 11.3 Å². The first-order chi connectivity index (χ1) is 12.2. The molecule has 4 rings (SSSR count). The van der Waals surface area contributed by atoms with Gasteiger partial charge in [-0.15, -0.1) is 0 Å². The molecule has 1 fully saturated rings. The molecule has 0 saturated heterocycles. The Balaban J connectivity index is 2.23. The van der Waals surface area contributed by atoms with Gasteiger partial charge in [-0.25, -0.2) is 19.9 Å². The number of nitrogens with zero attached hydrogens (tertiary/aromatic N) is 4. The Hall–Kier alpha value is -2.30. The first kappa shape index (κ1) is 17.1. The van der Waals surface area contributed by atoms with E-state index in [1.54, 1.807) is 0 Å².